The molecule has 2 N–H and O–H groups in total. The normalized spacial score (nSPS) is 12.5. The van der Waals surface area contributed by atoms with E-state index in [2.05, 4.69) is 17.2 Å². The fraction of sp³-hybridized carbons (Fsp3) is 0.688. The van der Waals surface area contributed by atoms with E-state index in [9.17, 15) is 5.11 Å². The van der Waals surface area contributed by atoms with Crippen LogP contribution in [0.25, 0.3) is 0 Å². The average Bonchev–Trinajstić information content (AvgIpc) is 2.52. The third-order valence-corrected chi connectivity index (χ3v) is 2.99. The summed E-state index contributed by atoms with van der Waals surface area (Å²) in [5.41, 5.74) is 1.06. The maximum Gasteiger partial charge on any atom is 0.0897 e. The molecule has 0 bridgehead atoms. The first kappa shape index (κ1) is 18.0. The number of rotatable bonds is 13. The monoisotopic (exact) mass is 296 g/mol. The largest absolute Gasteiger partial charge is 0.389 e. The molecule has 0 fully saturated rings. The summed E-state index contributed by atoms with van der Waals surface area (Å²) < 4.78 is 10.7. The zero-order valence-corrected chi connectivity index (χ0v) is 13.0. The third kappa shape index (κ3) is 10.4. The Kier molecular flexibility index (Phi) is 10.9. The van der Waals surface area contributed by atoms with Crippen LogP contribution in [0.3, 0.4) is 0 Å². The van der Waals surface area contributed by atoms with E-state index in [0.29, 0.717) is 26.4 Å². The number of hydrogen-bond acceptors (Lipinski definition) is 5. The Balaban J connectivity index is 1.88. The van der Waals surface area contributed by atoms with Gasteiger partial charge in [0.1, 0.15) is 0 Å². The van der Waals surface area contributed by atoms with Crippen molar-refractivity contribution < 1.29 is 14.6 Å². The Hall–Kier alpha value is -1.01. The standard InChI is InChI=1S/C16H28N2O3/c1-2-3-10-20-11-12-21-14-16(19)13-17-9-7-15-6-4-5-8-18-15/h4-6,8,16-17,19H,2-3,7,9-14H2,1H3. The summed E-state index contributed by atoms with van der Waals surface area (Å²) in [5, 5.41) is 12.9. The van der Waals surface area contributed by atoms with Crippen molar-refractivity contribution in [1.29, 1.82) is 0 Å². The van der Waals surface area contributed by atoms with Crippen LogP contribution in [0, 0.1) is 0 Å². The predicted octanol–water partition coefficient (Wildman–Crippen LogP) is 1.41. The van der Waals surface area contributed by atoms with E-state index in [0.717, 1.165) is 38.1 Å². The Labute approximate surface area is 127 Å². The molecule has 0 radical (unpaired) electrons. The van der Waals surface area contributed by atoms with E-state index in [1.54, 1.807) is 6.20 Å². The van der Waals surface area contributed by atoms with Crippen LogP contribution in [0.4, 0.5) is 0 Å². The lowest BCUT2D eigenvalue weighted by Gasteiger charge is -2.12. The van der Waals surface area contributed by atoms with Crippen molar-refractivity contribution in [1.82, 2.24) is 10.3 Å². The van der Waals surface area contributed by atoms with Gasteiger partial charge < -0.3 is 19.9 Å². The molecule has 0 saturated carbocycles. The predicted molar refractivity (Wildman–Crippen MR) is 83.4 cm³/mol. The molecule has 0 saturated heterocycles. The van der Waals surface area contributed by atoms with Crippen molar-refractivity contribution in [3.63, 3.8) is 0 Å². The molecule has 1 aromatic rings. The molecule has 120 valence electrons. The van der Waals surface area contributed by atoms with Crippen LogP contribution in [0.5, 0.6) is 0 Å². The van der Waals surface area contributed by atoms with Gasteiger partial charge in [0.05, 0.1) is 25.9 Å². The summed E-state index contributed by atoms with van der Waals surface area (Å²) in [6.45, 7) is 5.73. The lowest BCUT2D eigenvalue weighted by Crippen LogP contribution is -2.32. The Bertz CT molecular complexity index is 336. The SMILES string of the molecule is CCCCOCCOCC(O)CNCCc1ccccn1. The minimum atomic E-state index is -0.482. The van der Waals surface area contributed by atoms with Gasteiger partial charge in [-0.25, -0.2) is 0 Å². The van der Waals surface area contributed by atoms with Gasteiger partial charge in [-0.05, 0) is 18.6 Å². The first-order chi connectivity index (χ1) is 10.3. The molecule has 21 heavy (non-hydrogen) atoms. The van der Waals surface area contributed by atoms with Crippen LogP contribution < -0.4 is 5.32 Å². The highest BCUT2D eigenvalue weighted by atomic mass is 16.5. The maximum atomic E-state index is 9.74. The zero-order valence-electron chi connectivity index (χ0n) is 13.0. The minimum Gasteiger partial charge on any atom is -0.389 e. The summed E-state index contributed by atoms with van der Waals surface area (Å²) in [5.74, 6) is 0. The minimum absolute atomic E-state index is 0.341. The molecule has 1 rings (SSSR count). The van der Waals surface area contributed by atoms with Gasteiger partial charge in [-0.3, -0.25) is 4.98 Å². The van der Waals surface area contributed by atoms with Crippen LogP contribution in [0.1, 0.15) is 25.5 Å². The number of unbranched alkanes of at least 4 members (excludes halogenated alkanes) is 1. The molecule has 1 unspecified atom stereocenters. The van der Waals surface area contributed by atoms with Crippen molar-refractivity contribution in [2.45, 2.75) is 32.3 Å². The number of nitrogens with one attached hydrogen (secondary N) is 1. The van der Waals surface area contributed by atoms with Crippen molar-refractivity contribution >= 4 is 0 Å². The number of aliphatic hydroxyl groups is 1. The van der Waals surface area contributed by atoms with Crippen LogP contribution in [-0.4, -0.2) is 55.7 Å². The van der Waals surface area contributed by atoms with E-state index in [1.807, 2.05) is 18.2 Å². The highest BCUT2D eigenvalue weighted by molar-refractivity contribution is 5.03. The van der Waals surface area contributed by atoms with E-state index >= 15 is 0 Å². The van der Waals surface area contributed by atoms with Crippen LogP contribution in [0.15, 0.2) is 24.4 Å². The van der Waals surface area contributed by atoms with Gasteiger partial charge in [0.25, 0.3) is 0 Å². The molecule has 0 spiro atoms. The molecule has 0 aromatic carbocycles. The molecule has 5 nitrogen and oxygen atoms in total. The number of nitrogens with zero attached hydrogens (tertiary/aromatic N) is 1. The summed E-state index contributed by atoms with van der Waals surface area (Å²) in [6, 6.07) is 5.89. The highest BCUT2D eigenvalue weighted by Crippen LogP contribution is 1.93. The smallest absolute Gasteiger partial charge is 0.0897 e. The number of aliphatic hydroxyl groups excluding tert-OH is 1. The molecular formula is C16H28N2O3. The number of aromatic nitrogens is 1. The fourth-order valence-electron chi connectivity index (χ4n) is 1.78. The molecule has 0 aliphatic heterocycles. The second-order valence-electron chi connectivity index (χ2n) is 4.97. The van der Waals surface area contributed by atoms with Gasteiger partial charge in [0.15, 0.2) is 0 Å². The lowest BCUT2D eigenvalue weighted by atomic mass is 10.2. The number of hydrogen-bond donors (Lipinski definition) is 2. The first-order valence-corrected chi connectivity index (χ1v) is 7.77. The van der Waals surface area contributed by atoms with Crippen molar-refractivity contribution in [2.24, 2.45) is 0 Å². The van der Waals surface area contributed by atoms with Crippen molar-refractivity contribution in [3.8, 4) is 0 Å². The van der Waals surface area contributed by atoms with E-state index in [1.165, 1.54) is 0 Å². The lowest BCUT2D eigenvalue weighted by molar-refractivity contribution is 0.00401. The molecule has 1 aromatic heterocycles. The molecular weight excluding hydrogens is 268 g/mol. The van der Waals surface area contributed by atoms with Gasteiger partial charge in [0, 0.05) is 38.0 Å². The molecule has 0 amide bonds. The molecule has 0 aliphatic rings. The molecule has 1 heterocycles. The Morgan fingerprint density at radius 1 is 1.24 bits per heavy atom. The first-order valence-electron chi connectivity index (χ1n) is 7.77. The average molecular weight is 296 g/mol. The summed E-state index contributed by atoms with van der Waals surface area (Å²) in [6.07, 6.45) is 4.40. The van der Waals surface area contributed by atoms with Gasteiger partial charge in [-0.2, -0.15) is 0 Å². The number of ether oxygens (including phenoxy) is 2. The third-order valence-electron chi connectivity index (χ3n) is 2.99. The Morgan fingerprint density at radius 3 is 2.86 bits per heavy atom. The van der Waals surface area contributed by atoms with Gasteiger partial charge in [-0.15, -0.1) is 0 Å². The van der Waals surface area contributed by atoms with E-state index < -0.39 is 6.10 Å². The van der Waals surface area contributed by atoms with Crippen LogP contribution in [0.2, 0.25) is 0 Å². The maximum absolute atomic E-state index is 9.74. The second kappa shape index (κ2) is 12.7. The van der Waals surface area contributed by atoms with Crippen LogP contribution >= 0.6 is 0 Å². The van der Waals surface area contributed by atoms with Gasteiger partial charge in [-0.1, -0.05) is 19.4 Å². The molecule has 5 heteroatoms. The Morgan fingerprint density at radius 2 is 2.10 bits per heavy atom. The van der Waals surface area contributed by atoms with Crippen LogP contribution in [-0.2, 0) is 15.9 Å². The van der Waals surface area contributed by atoms with E-state index in [4.69, 9.17) is 9.47 Å². The summed E-state index contributed by atoms with van der Waals surface area (Å²) >= 11 is 0. The summed E-state index contributed by atoms with van der Waals surface area (Å²) in [7, 11) is 0. The topological polar surface area (TPSA) is 63.6 Å². The van der Waals surface area contributed by atoms with Gasteiger partial charge in [0.2, 0.25) is 0 Å². The second-order valence-corrected chi connectivity index (χ2v) is 4.97. The van der Waals surface area contributed by atoms with Gasteiger partial charge >= 0.3 is 0 Å². The quantitative estimate of drug-likeness (QED) is 0.539. The fourth-order valence-corrected chi connectivity index (χ4v) is 1.78. The summed E-state index contributed by atoms with van der Waals surface area (Å²) in [4.78, 5) is 4.25. The van der Waals surface area contributed by atoms with Crippen molar-refractivity contribution in [2.75, 3.05) is 39.5 Å². The zero-order chi connectivity index (χ0) is 15.2. The van der Waals surface area contributed by atoms with E-state index in [-0.39, 0.29) is 0 Å². The van der Waals surface area contributed by atoms with Crippen molar-refractivity contribution in [3.05, 3.63) is 30.1 Å². The molecule has 1 atom stereocenters. The molecule has 0 aliphatic carbocycles. The number of pyridine rings is 1. The highest BCUT2D eigenvalue weighted by Gasteiger charge is 2.03.